The standard InChI is InChI=1S/C21H21N3O3/c1-4-27-20(25)14(2)23-13-19(15-8-6-5-7-9-15)24-18-11-10-16(26-3)12-17(18)22-21(23)24/h5-14H,4H2,1-3H3. The van der Waals surface area contributed by atoms with Crippen LogP contribution in [-0.2, 0) is 9.53 Å². The van der Waals surface area contributed by atoms with Crippen molar-refractivity contribution < 1.29 is 14.3 Å². The molecule has 0 saturated carbocycles. The smallest absolute Gasteiger partial charge is 0.328 e. The Kier molecular flexibility index (Phi) is 4.32. The van der Waals surface area contributed by atoms with E-state index in [0.29, 0.717) is 12.4 Å². The lowest BCUT2D eigenvalue weighted by Crippen LogP contribution is -2.18. The van der Waals surface area contributed by atoms with Crippen LogP contribution in [0.25, 0.3) is 28.1 Å². The summed E-state index contributed by atoms with van der Waals surface area (Å²) < 4.78 is 14.5. The zero-order valence-corrected chi connectivity index (χ0v) is 15.5. The van der Waals surface area contributed by atoms with Crippen molar-refractivity contribution in [2.75, 3.05) is 13.7 Å². The SMILES string of the molecule is CCOC(=O)C(C)n1cc(-c2ccccc2)n2c3ccc(OC)cc3nc12. The highest BCUT2D eigenvalue weighted by Gasteiger charge is 2.23. The number of hydrogen-bond donors (Lipinski definition) is 0. The number of nitrogens with zero attached hydrogens (tertiary/aromatic N) is 3. The Bertz CT molecular complexity index is 1110. The third-order valence-electron chi connectivity index (χ3n) is 4.69. The first kappa shape index (κ1) is 17.1. The summed E-state index contributed by atoms with van der Waals surface area (Å²) in [6.45, 7) is 3.98. The Morgan fingerprint density at radius 1 is 1.19 bits per heavy atom. The van der Waals surface area contributed by atoms with E-state index in [1.165, 1.54) is 0 Å². The fourth-order valence-corrected chi connectivity index (χ4v) is 3.31. The minimum Gasteiger partial charge on any atom is -0.497 e. The van der Waals surface area contributed by atoms with E-state index in [4.69, 9.17) is 14.5 Å². The molecule has 0 radical (unpaired) electrons. The summed E-state index contributed by atoms with van der Waals surface area (Å²) in [6.07, 6.45) is 1.96. The van der Waals surface area contributed by atoms with Crippen LogP contribution in [0.3, 0.4) is 0 Å². The van der Waals surface area contributed by atoms with Crippen LogP contribution in [-0.4, -0.2) is 33.6 Å². The molecule has 0 bridgehead atoms. The predicted octanol–water partition coefficient (Wildman–Crippen LogP) is 4.09. The van der Waals surface area contributed by atoms with Crippen molar-refractivity contribution in [2.45, 2.75) is 19.9 Å². The molecule has 0 aliphatic rings. The molecule has 0 N–H and O–H groups in total. The highest BCUT2D eigenvalue weighted by molar-refractivity contribution is 5.85. The average molecular weight is 363 g/mol. The van der Waals surface area contributed by atoms with Crippen LogP contribution < -0.4 is 4.74 Å². The van der Waals surface area contributed by atoms with Crippen LogP contribution >= 0.6 is 0 Å². The first-order valence-electron chi connectivity index (χ1n) is 8.93. The lowest BCUT2D eigenvalue weighted by atomic mass is 10.1. The van der Waals surface area contributed by atoms with Crippen LogP contribution in [0.4, 0.5) is 0 Å². The number of benzene rings is 2. The van der Waals surface area contributed by atoms with Crippen LogP contribution in [0.15, 0.2) is 54.7 Å². The van der Waals surface area contributed by atoms with Crippen LogP contribution in [0.5, 0.6) is 5.75 Å². The van der Waals surface area contributed by atoms with E-state index in [1.807, 2.05) is 66.2 Å². The van der Waals surface area contributed by atoms with E-state index in [9.17, 15) is 4.79 Å². The number of fused-ring (bicyclic) bond motifs is 3. The van der Waals surface area contributed by atoms with Gasteiger partial charge in [-0.2, -0.15) is 0 Å². The van der Waals surface area contributed by atoms with Crippen molar-refractivity contribution in [2.24, 2.45) is 0 Å². The van der Waals surface area contributed by atoms with E-state index < -0.39 is 6.04 Å². The number of ether oxygens (including phenoxy) is 2. The van der Waals surface area contributed by atoms with Gasteiger partial charge < -0.3 is 14.0 Å². The van der Waals surface area contributed by atoms with E-state index in [2.05, 4.69) is 4.40 Å². The Morgan fingerprint density at radius 2 is 1.96 bits per heavy atom. The van der Waals surface area contributed by atoms with Crippen LogP contribution in [0.2, 0.25) is 0 Å². The van der Waals surface area contributed by atoms with E-state index in [1.54, 1.807) is 14.0 Å². The van der Waals surface area contributed by atoms with Gasteiger partial charge in [-0.3, -0.25) is 4.40 Å². The maximum Gasteiger partial charge on any atom is 0.328 e. The number of hydrogen-bond acceptors (Lipinski definition) is 4. The molecule has 2 aromatic heterocycles. The number of imidazole rings is 2. The molecule has 2 heterocycles. The number of carbonyl (C=O) groups is 1. The molecule has 0 spiro atoms. The second-order valence-corrected chi connectivity index (χ2v) is 6.32. The normalized spacial score (nSPS) is 12.4. The van der Waals surface area contributed by atoms with Crippen molar-refractivity contribution in [3.63, 3.8) is 0 Å². The van der Waals surface area contributed by atoms with Gasteiger partial charge in [0.1, 0.15) is 11.8 Å². The Labute approximate surface area is 157 Å². The second kappa shape index (κ2) is 6.79. The molecular formula is C21H21N3O3. The second-order valence-electron chi connectivity index (χ2n) is 6.32. The molecule has 4 rings (SSSR count). The largest absolute Gasteiger partial charge is 0.497 e. The van der Waals surface area contributed by atoms with Crippen molar-refractivity contribution in [1.82, 2.24) is 14.0 Å². The van der Waals surface area contributed by atoms with Crippen LogP contribution in [0.1, 0.15) is 19.9 Å². The number of carbonyl (C=O) groups excluding carboxylic acids is 1. The topological polar surface area (TPSA) is 57.8 Å². The summed E-state index contributed by atoms with van der Waals surface area (Å²) >= 11 is 0. The molecule has 0 amide bonds. The molecule has 6 heteroatoms. The van der Waals surface area contributed by atoms with Gasteiger partial charge in [0, 0.05) is 17.8 Å². The molecule has 0 aliphatic carbocycles. The maximum absolute atomic E-state index is 12.3. The average Bonchev–Trinajstić information content (AvgIpc) is 3.24. The Balaban J connectivity index is 2.00. The Morgan fingerprint density at radius 3 is 2.67 bits per heavy atom. The van der Waals surface area contributed by atoms with E-state index >= 15 is 0 Å². The zero-order valence-electron chi connectivity index (χ0n) is 15.5. The summed E-state index contributed by atoms with van der Waals surface area (Å²) in [4.78, 5) is 17.1. The van der Waals surface area contributed by atoms with Crippen LogP contribution in [0, 0.1) is 0 Å². The van der Waals surface area contributed by atoms with Gasteiger partial charge in [0.05, 0.1) is 30.4 Å². The van der Waals surface area contributed by atoms with Gasteiger partial charge in [-0.05, 0) is 26.0 Å². The molecule has 27 heavy (non-hydrogen) atoms. The first-order chi connectivity index (χ1) is 13.1. The fraction of sp³-hybridized carbons (Fsp3) is 0.238. The molecular weight excluding hydrogens is 342 g/mol. The Hall–Kier alpha value is -3.28. The first-order valence-corrected chi connectivity index (χ1v) is 8.93. The highest BCUT2D eigenvalue weighted by Crippen LogP contribution is 2.31. The quantitative estimate of drug-likeness (QED) is 0.501. The van der Waals surface area contributed by atoms with Crippen molar-refractivity contribution in [1.29, 1.82) is 0 Å². The number of methoxy groups -OCH3 is 1. The molecule has 6 nitrogen and oxygen atoms in total. The van der Waals surface area contributed by atoms with Crippen molar-refractivity contribution in [3.8, 4) is 17.0 Å². The minimum absolute atomic E-state index is 0.278. The van der Waals surface area contributed by atoms with E-state index in [-0.39, 0.29) is 5.97 Å². The molecule has 138 valence electrons. The fourth-order valence-electron chi connectivity index (χ4n) is 3.31. The van der Waals surface area contributed by atoms with Gasteiger partial charge in [0.15, 0.2) is 0 Å². The molecule has 1 atom stereocenters. The summed E-state index contributed by atoms with van der Waals surface area (Å²) in [5, 5.41) is 0. The third kappa shape index (κ3) is 2.83. The molecule has 4 aromatic rings. The summed E-state index contributed by atoms with van der Waals surface area (Å²) in [6, 6.07) is 15.4. The summed E-state index contributed by atoms with van der Waals surface area (Å²) in [5.74, 6) is 1.16. The molecule has 0 fully saturated rings. The maximum atomic E-state index is 12.3. The zero-order chi connectivity index (χ0) is 19.0. The summed E-state index contributed by atoms with van der Waals surface area (Å²) in [7, 11) is 1.63. The van der Waals surface area contributed by atoms with Gasteiger partial charge in [0.25, 0.3) is 0 Å². The third-order valence-corrected chi connectivity index (χ3v) is 4.69. The van der Waals surface area contributed by atoms with Gasteiger partial charge in [-0.1, -0.05) is 30.3 Å². The highest BCUT2D eigenvalue weighted by atomic mass is 16.5. The monoisotopic (exact) mass is 363 g/mol. The molecule has 0 aliphatic heterocycles. The molecule has 1 unspecified atom stereocenters. The van der Waals surface area contributed by atoms with Gasteiger partial charge in [-0.25, -0.2) is 9.78 Å². The van der Waals surface area contributed by atoms with Gasteiger partial charge in [0.2, 0.25) is 5.78 Å². The number of esters is 1. The van der Waals surface area contributed by atoms with Crippen molar-refractivity contribution >= 4 is 22.8 Å². The molecule has 2 aromatic carbocycles. The lowest BCUT2D eigenvalue weighted by Gasteiger charge is -2.11. The molecule has 0 saturated heterocycles. The number of rotatable bonds is 5. The van der Waals surface area contributed by atoms with E-state index in [0.717, 1.165) is 28.0 Å². The number of aromatic nitrogens is 3. The van der Waals surface area contributed by atoms with Gasteiger partial charge >= 0.3 is 5.97 Å². The summed E-state index contributed by atoms with van der Waals surface area (Å²) in [5.41, 5.74) is 3.79. The lowest BCUT2D eigenvalue weighted by molar-refractivity contribution is -0.146. The van der Waals surface area contributed by atoms with Crippen molar-refractivity contribution in [3.05, 3.63) is 54.7 Å². The van der Waals surface area contributed by atoms with Gasteiger partial charge in [-0.15, -0.1) is 0 Å². The minimum atomic E-state index is -0.483. The predicted molar refractivity (Wildman–Crippen MR) is 104 cm³/mol.